The summed E-state index contributed by atoms with van der Waals surface area (Å²) >= 11 is 0. The van der Waals surface area contributed by atoms with Crippen molar-refractivity contribution in [2.24, 2.45) is 4.99 Å². The maximum Gasteiger partial charge on any atom is 0.191 e. The third-order valence-corrected chi connectivity index (χ3v) is 4.64. The van der Waals surface area contributed by atoms with Crippen LogP contribution in [-0.2, 0) is 19.5 Å². The summed E-state index contributed by atoms with van der Waals surface area (Å²) in [4.78, 5) is 4.71. The van der Waals surface area contributed by atoms with E-state index >= 15 is 0 Å². The smallest absolute Gasteiger partial charge is 0.191 e. The van der Waals surface area contributed by atoms with Crippen LogP contribution >= 0.6 is 0 Å². The lowest BCUT2D eigenvalue weighted by molar-refractivity contribution is 0.322. The first-order valence-electron chi connectivity index (χ1n) is 10.5. The monoisotopic (exact) mass is 422 g/mol. The van der Waals surface area contributed by atoms with Crippen molar-refractivity contribution in [3.8, 4) is 11.5 Å². The maximum absolute atomic E-state index is 5.76. The average molecular weight is 423 g/mol. The number of hydrogen-bond donors (Lipinski definition) is 2. The van der Waals surface area contributed by atoms with Gasteiger partial charge in [0.25, 0.3) is 0 Å². The first-order valence-corrected chi connectivity index (χ1v) is 10.5. The van der Waals surface area contributed by atoms with Crippen LogP contribution in [0.3, 0.4) is 0 Å². The Morgan fingerprint density at radius 3 is 2.52 bits per heavy atom. The zero-order valence-electron chi connectivity index (χ0n) is 18.1. The molecule has 1 heterocycles. The Labute approximate surface area is 183 Å². The lowest BCUT2D eigenvalue weighted by Crippen LogP contribution is -2.40. The fraction of sp³-hybridized carbons (Fsp3) is 0.348. The molecule has 0 amide bonds. The second kappa shape index (κ2) is 12.2. The Balaban J connectivity index is 1.53. The minimum absolute atomic E-state index is 0.540. The standard InChI is InChI=1S/C23H30N6O2/c1-3-22-28-27-18-29(22)15-13-24-23(25-14-16-31-21-7-5-4-6-8-21)26-17-19-9-11-20(30-2)12-10-19/h4-12,18H,3,13-17H2,1-2H3,(H2,24,25,26). The summed E-state index contributed by atoms with van der Waals surface area (Å²) in [6, 6.07) is 17.7. The minimum Gasteiger partial charge on any atom is -0.497 e. The number of hydrogen-bond acceptors (Lipinski definition) is 5. The zero-order valence-corrected chi connectivity index (χ0v) is 18.1. The molecular formula is C23H30N6O2. The Bertz CT molecular complexity index is 925. The number of nitrogens with one attached hydrogen (secondary N) is 2. The number of aromatic nitrogens is 3. The summed E-state index contributed by atoms with van der Waals surface area (Å²) in [7, 11) is 1.66. The number of aryl methyl sites for hydroxylation is 1. The highest BCUT2D eigenvalue weighted by atomic mass is 16.5. The van der Waals surface area contributed by atoms with Crippen LogP contribution in [0.5, 0.6) is 11.5 Å². The van der Waals surface area contributed by atoms with Gasteiger partial charge in [0.15, 0.2) is 5.96 Å². The molecule has 0 aliphatic rings. The molecule has 0 saturated carbocycles. The highest BCUT2D eigenvalue weighted by Crippen LogP contribution is 2.12. The van der Waals surface area contributed by atoms with Crippen molar-refractivity contribution in [2.75, 3.05) is 26.8 Å². The molecule has 8 nitrogen and oxygen atoms in total. The largest absolute Gasteiger partial charge is 0.497 e. The van der Waals surface area contributed by atoms with Crippen molar-refractivity contribution < 1.29 is 9.47 Å². The Hall–Kier alpha value is -3.55. The van der Waals surface area contributed by atoms with E-state index in [1.54, 1.807) is 13.4 Å². The second-order valence-electron chi connectivity index (χ2n) is 6.82. The summed E-state index contributed by atoms with van der Waals surface area (Å²) < 4.78 is 13.0. The third-order valence-electron chi connectivity index (χ3n) is 4.64. The summed E-state index contributed by atoms with van der Waals surface area (Å²) in [6.45, 7) is 5.28. The van der Waals surface area contributed by atoms with Crippen LogP contribution in [0.25, 0.3) is 0 Å². The lowest BCUT2D eigenvalue weighted by atomic mass is 10.2. The average Bonchev–Trinajstić information content (AvgIpc) is 3.28. The van der Waals surface area contributed by atoms with Crippen molar-refractivity contribution in [3.05, 3.63) is 72.3 Å². The number of para-hydroxylation sites is 1. The number of rotatable bonds is 11. The van der Waals surface area contributed by atoms with Crippen LogP contribution in [-0.4, -0.2) is 47.5 Å². The van der Waals surface area contributed by atoms with Gasteiger partial charge in [-0.05, 0) is 29.8 Å². The van der Waals surface area contributed by atoms with Gasteiger partial charge >= 0.3 is 0 Å². The first kappa shape index (κ1) is 22.1. The fourth-order valence-corrected chi connectivity index (χ4v) is 2.96. The molecule has 8 heteroatoms. The Morgan fingerprint density at radius 1 is 1.00 bits per heavy atom. The molecule has 0 bridgehead atoms. The number of aliphatic imine (C=N–C) groups is 1. The molecule has 2 aromatic carbocycles. The van der Waals surface area contributed by atoms with Crippen LogP contribution in [0.4, 0.5) is 0 Å². The summed E-state index contributed by atoms with van der Waals surface area (Å²) in [5.41, 5.74) is 1.11. The molecule has 0 aliphatic carbocycles. The van der Waals surface area contributed by atoms with E-state index in [9.17, 15) is 0 Å². The fourth-order valence-electron chi connectivity index (χ4n) is 2.96. The van der Waals surface area contributed by atoms with Crippen LogP contribution < -0.4 is 20.1 Å². The van der Waals surface area contributed by atoms with E-state index in [1.165, 1.54) is 0 Å². The van der Waals surface area contributed by atoms with Gasteiger partial charge in [-0.3, -0.25) is 0 Å². The zero-order chi connectivity index (χ0) is 21.7. The van der Waals surface area contributed by atoms with Crippen molar-refractivity contribution in [1.82, 2.24) is 25.4 Å². The van der Waals surface area contributed by atoms with Crippen LogP contribution in [0.2, 0.25) is 0 Å². The first-order chi connectivity index (χ1) is 15.3. The predicted octanol–water partition coefficient (Wildman–Crippen LogP) is 2.66. The molecule has 31 heavy (non-hydrogen) atoms. The minimum atomic E-state index is 0.540. The molecule has 0 atom stereocenters. The molecule has 0 radical (unpaired) electrons. The van der Waals surface area contributed by atoms with Gasteiger partial charge in [0, 0.05) is 19.5 Å². The molecule has 0 spiro atoms. The Morgan fingerprint density at radius 2 is 1.77 bits per heavy atom. The summed E-state index contributed by atoms with van der Waals surface area (Å²) in [5.74, 6) is 3.40. The molecule has 2 N–H and O–H groups in total. The second-order valence-corrected chi connectivity index (χ2v) is 6.82. The number of ether oxygens (including phenoxy) is 2. The topological polar surface area (TPSA) is 85.6 Å². The number of methoxy groups -OCH3 is 1. The number of benzene rings is 2. The normalized spacial score (nSPS) is 11.2. The van der Waals surface area contributed by atoms with E-state index in [0.717, 1.165) is 41.8 Å². The summed E-state index contributed by atoms with van der Waals surface area (Å²) in [5, 5.41) is 14.8. The van der Waals surface area contributed by atoms with Gasteiger partial charge in [0.1, 0.15) is 30.3 Å². The van der Waals surface area contributed by atoms with E-state index in [4.69, 9.17) is 14.5 Å². The van der Waals surface area contributed by atoms with Crippen LogP contribution in [0.15, 0.2) is 65.9 Å². The van der Waals surface area contributed by atoms with Crippen molar-refractivity contribution >= 4 is 5.96 Å². The maximum atomic E-state index is 5.76. The van der Waals surface area contributed by atoms with E-state index in [0.29, 0.717) is 26.2 Å². The summed E-state index contributed by atoms with van der Waals surface area (Å²) in [6.07, 6.45) is 2.61. The molecule has 0 saturated heterocycles. The van der Waals surface area contributed by atoms with E-state index < -0.39 is 0 Å². The molecular weight excluding hydrogens is 392 g/mol. The van der Waals surface area contributed by atoms with Gasteiger partial charge < -0.3 is 24.7 Å². The molecule has 1 aromatic heterocycles. The predicted molar refractivity (Wildman–Crippen MR) is 121 cm³/mol. The van der Waals surface area contributed by atoms with E-state index in [2.05, 4.69) is 27.8 Å². The molecule has 0 fully saturated rings. The van der Waals surface area contributed by atoms with Gasteiger partial charge in [-0.15, -0.1) is 10.2 Å². The van der Waals surface area contributed by atoms with Gasteiger partial charge in [0.2, 0.25) is 0 Å². The van der Waals surface area contributed by atoms with Crippen molar-refractivity contribution in [3.63, 3.8) is 0 Å². The number of nitrogens with zero attached hydrogens (tertiary/aromatic N) is 4. The van der Waals surface area contributed by atoms with Crippen molar-refractivity contribution in [1.29, 1.82) is 0 Å². The Kier molecular flexibility index (Phi) is 8.72. The van der Waals surface area contributed by atoms with Gasteiger partial charge in [-0.1, -0.05) is 37.3 Å². The lowest BCUT2D eigenvalue weighted by Gasteiger charge is -2.14. The molecule has 3 rings (SSSR count). The van der Waals surface area contributed by atoms with Gasteiger partial charge in [-0.2, -0.15) is 0 Å². The highest BCUT2D eigenvalue weighted by Gasteiger charge is 2.03. The van der Waals surface area contributed by atoms with E-state index in [1.807, 2.05) is 59.2 Å². The third kappa shape index (κ3) is 7.33. The van der Waals surface area contributed by atoms with Crippen LogP contribution in [0, 0.1) is 0 Å². The number of guanidine groups is 1. The molecule has 0 aliphatic heterocycles. The van der Waals surface area contributed by atoms with Gasteiger partial charge in [0.05, 0.1) is 20.2 Å². The van der Waals surface area contributed by atoms with E-state index in [-0.39, 0.29) is 0 Å². The molecule has 164 valence electrons. The van der Waals surface area contributed by atoms with Crippen molar-refractivity contribution in [2.45, 2.75) is 26.4 Å². The molecule has 0 unspecified atom stereocenters. The highest BCUT2D eigenvalue weighted by molar-refractivity contribution is 5.79. The molecule has 3 aromatic rings. The SMILES string of the molecule is CCc1nncn1CCNC(=NCc1ccc(OC)cc1)NCCOc1ccccc1. The van der Waals surface area contributed by atoms with Gasteiger partial charge in [-0.25, -0.2) is 4.99 Å². The van der Waals surface area contributed by atoms with Crippen LogP contribution in [0.1, 0.15) is 18.3 Å². The quantitative estimate of drug-likeness (QED) is 0.281.